The van der Waals surface area contributed by atoms with Crippen molar-refractivity contribution in [2.24, 2.45) is 0 Å². The maximum Gasteiger partial charge on any atom is 0.314 e. The van der Waals surface area contributed by atoms with Crippen LogP contribution in [0.1, 0.15) is 56.9 Å². The first kappa shape index (κ1) is 16.4. The minimum atomic E-state index is -0.921. The first-order valence-corrected chi connectivity index (χ1v) is 8.73. The summed E-state index contributed by atoms with van der Waals surface area (Å²) in [7, 11) is 1.57. The van der Waals surface area contributed by atoms with Crippen molar-refractivity contribution in [2.75, 3.05) is 7.11 Å². The van der Waals surface area contributed by atoms with E-state index in [9.17, 15) is 9.90 Å². The highest BCUT2D eigenvalue weighted by atomic mass is 35.5. The molecule has 4 nitrogen and oxygen atoms in total. The average molecular weight is 339 g/mol. The van der Waals surface area contributed by atoms with E-state index in [4.69, 9.17) is 21.1 Å². The van der Waals surface area contributed by atoms with Crippen molar-refractivity contribution >= 4 is 17.6 Å². The lowest BCUT2D eigenvalue weighted by molar-refractivity contribution is -0.145. The van der Waals surface area contributed by atoms with Crippen molar-refractivity contribution < 1.29 is 19.4 Å². The van der Waals surface area contributed by atoms with E-state index < -0.39 is 11.4 Å². The largest absolute Gasteiger partial charge is 0.493 e. The summed E-state index contributed by atoms with van der Waals surface area (Å²) in [6.07, 6.45) is 7.44. The number of methoxy groups -OCH3 is 1. The molecule has 0 aromatic heterocycles. The molecule has 0 radical (unpaired) electrons. The predicted octanol–water partition coefficient (Wildman–Crippen LogP) is 4.57. The van der Waals surface area contributed by atoms with Crippen molar-refractivity contribution in [3.63, 3.8) is 0 Å². The molecule has 0 bridgehead atoms. The van der Waals surface area contributed by atoms with Gasteiger partial charge in [-0.25, -0.2) is 0 Å². The fraction of sp³-hybridized carbons (Fsp3) is 0.611. The topological polar surface area (TPSA) is 55.8 Å². The molecule has 2 aliphatic carbocycles. The number of hydrogen-bond donors (Lipinski definition) is 1. The van der Waals surface area contributed by atoms with Gasteiger partial charge in [-0.15, -0.1) is 0 Å². The summed E-state index contributed by atoms with van der Waals surface area (Å²) in [6.45, 7) is 0. The zero-order valence-corrected chi connectivity index (χ0v) is 14.2. The molecule has 126 valence electrons. The Hall–Kier alpha value is -1.42. The minimum absolute atomic E-state index is 0.151. The van der Waals surface area contributed by atoms with E-state index >= 15 is 0 Å². The maximum atomic E-state index is 12.2. The van der Waals surface area contributed by atoms with Gasteiger partial charge >= 0.3 is 5.97 Å². The second-order valence-corrected chi connectivity index (χ2v) is 7.04. The number of halogens is 1. The van der Waals surface area contributed by atoms with Crippen molar-refractivity contribution in [3.8, 4) is 11.5 Å². The van der Waals surface area contributed by atoms with Crippen LogP contribution in [0, 0.1) is 0 Å². The molecule has 5 heteroatoms. The molecule has 0 aliphatic heterocycles. The van der Waals surface area contributed by atoms with Gasteiger partial charge in [-0.2, -0.15) is 0 Å². The summed E-state index contributed by atoms with van der Waals surface area (Å²) in [4.78, 5) is 12.2. The van der Waals surface area contributed by atoms with Crippen LogP contribution in [0.25, 0.3) is 0 Å². The van der Waals surface area contributed by atoms with Gasteiger partial charge < -0.3 is 14.6 Å². The summed E-state index contributed by atoms with van der Waals surface area (Å²) in [5, 5.41) is 10.5. The number of rotatable bonds is 5. The Morgan fingerprint density at radius 1 is 1.22 bits per heavy atom. The van der Waals surface area contributed by atoms with E-state index in [1.807, 2.05) is 0 Å². The molecule has 1 aromatic rings. The quantitative estimate of drug-likeness (QED) is 0.854. The zero-order chi connectivity index (χ0) is 16.4. The summed E-state index contributed by atoms with van der Waals surface area (Å²) < 4.78 is 11.6. The second kappa shape index (κ2) is 6.60. The molecule has 0 amide bonds. The lowest BCUT2D eigenvalue weighted by Crippen LogP contribution is -2.39. The summed E-state index contributed by atoms with van der Waals surface area (Å²) in [6, 6.07) is 3.47. The van der Waals surface area contributed by atoms with Crippen LogP contribution in [0.4, 0.5) is 0 Å². The number of ether oxygens (including phenoxy) is 2. The SMILES string of the molecule is COc1cc(Cl)cc(C2(C(=O)O)CCCCC2)c1OC1CCC1. The molecule has 2 fully saturated rings. The van der Waals surface area contributed by atoms with Gasteiger partial charge in [0.15, 0.2) is 11.5 Å². The standard InChI is InChI=1S/C18H23ClO4/c1-22-15-11-12(19)10-14(16(15)23-13-6-5-7-13)18(17(20)21)8-3-2-4-9-18/h10-11,13H,2-9H2,1H3,(H,20,21). The van der Waals surface area contributed by atoms with E-state index in [0.29, 0.717) is 34.9 Å². The highest BCUT2D eigenvalue weighted by Gasteiger charge is 2.44. The lowest BCUT2D eigenvalue weighted by atomic mass is 9.69. The molecule has 1 aromatic carbocycles. The Labute approximate surface area is 141 Å². The molecule has 2 aliphatic rings. The monoisotopic (exact) mass is 338 g/mol. The number of hydrogen-bond acceptors (Lipinski definition) is 3. The van der Waals surface area contributed by atoms with Crippen LogP contribution in [0.5, 0.6) is 11.5 Å². The summed E-state index contributed by atoms with van der Waals surface area (Å²) in [5.41, 5.74) is -0.240. The van der Waals surface area contributed by atoms with E-state index in [1.54, 1.807) is 19.2 Å². The normalized spacial score (nSPS) is 20.6. The molecule has 2 saturated carbocycles. The van der Waals surface area contributed by atoms with Crippen LogP contribution in [0.2, 0.25) is 5.02 Å². The predicted molar refractivity (Wildman–Crippen MR) is 88.7 cm³/mol. The van der Waals surface area contributed by atoms with Gasteiger partial charge in [-0.05, 0) is 38.2 Å². The van der Waals surface area contributed by atoms with Crippen molar-refractivity contribution in [1.29, 1.82) is 0 Å². The molecule has 3 rings (SSSR count). The average Bonchev–Trinajstić information content (AvgIpc) is 2.51. The van der Waals surface area contributed by atoms with Gasteiger partial charge in [0.25, 0.3) is 0 Å². The van der Waals surface area contributed by atoms with Crippen LogP contribution in [-0.4, -0.2) is 24.3 Å². The van der Waals surface area contributed by atoms with Crippen LogP contribution in [0.15, 0.2) is 12.1 Å². The lowest BCUT2D eigenvalue weighted by Gasteiger charge is -2.37. The number of carboxylic acid groups (broad SMARTS) is 1. The Bertz CT molecular complexity index is 589. The van der Waals surface area contributed by atoms with Crippen LogP contribution >= 0.6 is 11.6 Å². The Morgan fingerprint density at radius 3 is 2.43 bits per heavy atom. The van der Waals surface area contributed by atoms with E-state index in [0.717, 1.165) is 38.5 Å². The van der Waals surface area contributed by atoms with Crippen molar-refractivity contribution in [1.82, 2.24) is 0 Å². The number of carboxylic acids is 1. The number of aliphatic carboxylic acids is 1. The molecular weight excluding hydrogens is 316 g/mol. The fourth-order valence-electron chi connectivity index (χ4n) is 3.61. The van der Waals surface area contributed by atoms with Gasteiger partial charge in [0.05, 0.1) is 18.6 Å². The second-order valence-electron chi connectivity index (χ2n) is 6.60. The molecule has 0 saturated heterocycles. The Morgan fingerprint density at radius 2 is 1.91 bits per heavy atom. The molecular formula is C18H23ClO4. The Kier molecular flexibility index (Phi) is 4.72. The van der Waals surface area contributed by atoms with E-state index in [2.05, 4.69) is 0 Å². The smallest absolute Gasteiger partial charge is 0.314 e. The highest BCUT2D eigenvalue weighted by Crippen LogP contribution is 2.49. The first-order valence-electron chi connectivity index (χ1n) is 8.35. The third-order valence-electron chi connectivity index (χ3n) is 5.21. The number of carbonyl (C=O) groups is 1. The van der Waals surface area contributed by atoms with E-state index in [1.165, 1.54) is 0 Å². The van der Waals surface area contributed by atoms with Crippen molar-refractivity contribution in [2.45, 2.75) is 62.9 Å². The molecule has 0 heterocycles. The molecule has 0 unspecified atom stereocenters. The Balaban J connectivity index is 2.10. The zero-order valence-electron chi connectivity index (χ0n) is 13.4. The molecule has 23 heavy (non-hydrogen) atoms. The van der Waals surface area contributed by atoms with Gasteiger partial charge in [-0.1, -0.05) is 30.9 Å². The van der Waals surface area contributed by atoms with Crippen LogP contribution < -0.4 is 9.47 Å². The van der Waals surface area contributed by atoms with Crippen LogP contribution in [-0.2, 0) is 10.2 Å². The third kappa shape index (κ3) is 3.01. The fourth-order valence-corrected chi connectivity index (χ4v) is 3.81. The molecule has 0 atom stereocenters. The first-order chi connectivity index (χ1) is 11.1. The number of benzene rings is 1. The van der Waals surface area contributed by atoms with Crippen molar-refractivity contribution in [3.05, 3.63) is 22.7 Å². The van der Waals surface area contributed by atoms with Crippen LogP contribution in [0.3, 0.4) is 0 Å². The summed E-state index contributed by atoms with van der Waals surface area (Å²) >= 11 is 6.24. The third-order valence-corrected chi connectivity index (χ3v) is 5.43. The van der Waals surface area contributed by atoms with Gasteiger partial charge in [-0.3, -0.25) is 4.79 Å². The maximum absolute atomic E-state index is 12.2. The minimum Gasteiger partial charge on any atom is -0.493 e. The molecule has 0 spiro atoms. The highest BCUT2D eigenvalue weighted by molar-refractivity contribution is 6.31. The van der Waals surface area contributed by atoms with Gasteiger partial charge in [0, 0.05) is 16.7 Å². The molecule has 1 N–H and O–H groups in total. The van der Waals surface area contributed by atoms with Gasteiger partial charge in [0.1, 0.15) is 0 Å². The van der Waals surface area contributed by atoms with E-state index in [-0.39, 0.29) is 6.10 Å². The summed E-state index contributed by atoms with van der Waals surface area (Å²) in [5.74, 6) is 0.316. The van der Waals surface area contributed by atoms with Gasteiger partial charge in [0.2, 0.25) is 0 Å².